The Balaban J connectivity index is 1.29. The average molecular weight is 599 g/mol. The largest absolute Gasteiger partial charge is 0.333 e. The van der Waals surface area contributed by atoms with Gasteiger partial charge >= 0.3 is 0 Å². The summed E-state index contributed by atoms with van der Waals surface area (Å²) in [5.74, 6) is -0.899. The van der Waals surface area contributed by atoms with Crippen molar-refractivity contribution in [2.24, 2.45) is 5.92 Å². The summed E-state index contributed by atoms with van der Waals surface area (Å²) in [6.07, 6.45) is 6.23. The lowest BCUT2D eigenvalue weighted by Crippen LogP contribution is -2.56. The van der Waals surface area contributed by atoms with E-state index in [4.69, 9.17) is 23.2 Å². The highest BCUT2D eigenvalue weighted by Gasteiger charge is 2.66. The van der Waals surface area contributed by atoms with Crippen molar-refractivity contribution in [2.45, 2.75) is 30.8 Å². The van der Waals surface area contributed by atoms with Crippen LogP contribution in [0.3, 0.4) is 0 Å². The number of rotatable bonds is 3. The summed E-state index contributed by atoms with van der Waals surface area (Å²) in [7, 11) is 0. The topological polar surface area (TPSA) is 69.7 Å². The number of ketones is 1. The first-order valence-corrected chi connectivity index (χ1v) is 15.0. The highest BCUT2D eigenvalue weighted by Crippen LogP contribution is 2.55. The van der Waals surface area contributed by atoms with E-state index in [9.17, 15) is 14.4 Å². The fourth-order valence-electron chi connectivity index (χ4n) is 7.30. The third-order valence-electron chi connectivity index (χ3n) is 9.11. The maximum atomic E-state index is 14.7. The van der Waals surface area contributed by atoms with Gasteiger partial charge in [-0.1, -0.05) is 65.7 Å². The number of likely N-dealkylation sites (tertiary alicyclic amines) is 1. The summed E-state index contributed by atoms with van der Waals surface area (Å²) in [4.78, 5) is 46.4. The summed E-state index contributed by atoms with van der Waals surface area (Å²) in [6, 6.07) is 22.4. The molecule has 3 saturated heterocycles. The zero-order valence-electron chi connectivity index (χ0n) is 22.9. The summed E-state index contributed by atoms with van der Waals surface area (Å²) >= 11 is 12.2. The summed E-state index contributed by atoms with van der Waals surface area (Å²) in [5.41, 5.74) is 3.28. The van der Waals surface area contributed by atoms with Gasteiger partial charge in [0.05, 0.1) is 5.92 Å². The SMILES string of the molecule is O=C1/C(=C/c2ccc(Cl)cc2)CN(C(=O)[C@@H]2C[C@@H]3CCCN3[C@@]23C(=O)Nc2ccccc23)C/C1=C\c1ccc(Cl)cc1. The summed E-state index contributed by atoms with van der Waals surface area (Å²) < 4.78 is 0. The van der Waals surface area contributed by atoms with Gasteiger partial charge in [-0.15, -0.1) is 0 Å². The fraction of sp³-hybridized carbons (Fsp3) is 0.265. The first-order chi connectivity index (χ1) is 20.3. The monoisotopic (exact) mass is 597 g/mol. The molecule has 3 aromatic carbocycles. The van der Waals surface area contributed by atoms with Crippen LogP contribution < -0.4 is 5.32 Å². The van der Waals surface area contributed by atoms with Crippen LogP contribution in [0.1, 0.15) is 36.0 Å². The molecule has 6 nitrogen and oxygen atoms in total. The Kier molecular flexibility index (Phi) is 6.81. The molecule has 1 spiro atoms. The van der Waals surface area contributed by atoms with Crippen molar-refractivity contribution in [3.05, 3.63) is 111 Å². The first kappa shape index (κ1) is 27.1. The van der Waals surface area contributed by atoms with Gasteiger partial charge in [0.2, 0.25) is 11.8 Å². The Morgan fingerprint density at radius 2 is 1.45 bits per heavy atom. The number of halogens is 2. The molecule has 212 valence electrons. The smallest absolute Gasteiger partial charge is 0.250 e. The standard InChI is InChI=1S/C34H29Cl2N3O3/c35-25-11-7-21(8-12-25)16-23-19-38(20-24(31(23)40)17-22-9-13-26(36)14-10-22)32(41)29-18-27-4-3-15-39(27)34(29)28-5-1-2-6-30(28)37-33(34)42/h1-2,5-14,16-17,27,29H,3-4,15,18-20H2,(H,37,42)/b23-16+,24-17+/t27-,29-,34+/m0/s1. The lowest BCUT2D eigenvalue weighted by molar-refractivity contribution is -0.144. The van der Waals surface area contributed by atoms with E-state index in [0.29, 0.717) is 27.6 Å². The van der Waals surface area contributed by atoms with Gasteiger partial charge < -0.3 is 10.2 Å². The molecule has 0 bridgehead atoms. The van der Waals surface area contributed by atoms with Crippen molar-refractivity contribution in [1.29, 1.82) is 0 Å². The van der Waals surface area contributed by atoms with Gasteiger partial charge in [0.25, 0.3) is 0 Å². The second-order valence-corrected chi connectivity index (χ2v) is 12.4. The number of nitrogens with one attached hydrogen (secondary N) is 1. The predicted molar refractivity (Wildman–Crippen MR) is 165 cm³/mol. The lowest BCUT2D eigenvalue weighted by atomic mass is 9.77. The van der Waals surface area contributed by atoms with Gasteiger partial charge in [-0.25, -0.2) is 0 Å². The van der Waals surface area contributed by atoms with E-state index >= 15 is 0 Å². The van der Waals surface area contributed by atoms with Crippen LogP contribution in [0, 0.1) is 5.92 Å². The van der Waals surface area contributed by atoms with Crippen molar-refractivity contribution >= 4 is 58.6 Å². The zero-order chi connectivity index (χ0) is 29.0. The number of hydrogen-bond acceptors (Lipinski definition) is 4. The van der Waals surface area contributed by atoms with E-state index in [1.165, 1.54) is 0 Å². The molecular weight excluding hydrogens is 569 g/mol. The number of nitrogens with zero attached hydrogens (tertiary/aromatic N) is 2. The molecule has 4 aliphatic heterocycles. The molecule has 7 rings (SSSR count). The van der Waals surface area contributed by atoms with Crippen LogP contribution in [0.15, 0.2) is 83.9 Å². The van der Waals surface area contributed by atoms with Gasteiger partial charge in [0.15, 0.2) is 5.78 Å². The van der Waals surface area contributed by atoms with Crippen molar-refractivity contribution in [3.8, 4) is 0 Å². The molecule has 3 atom stereocenters. The third-order valence-corrected chi connectivity index (χ3v) is 9.62. The number of Topliss-reactive ketones (excluding diaryl/α,β-unsaturated/α-hetero) is 1. The Morgan fingerprint density at radius 3 is 2.07 bits per heavy atom. The minimum Gasteiger partial charge on any atom is -0.333 e. The van der Waals surface area contributed by atoms with Crippen molar-refractivity contribution < 1.29 is 14.4 Å². The number of para-hydroxylation sites is 1. The number of piperidine rings is 1. The lowest BCUT2D eigenvalue weighted by Gasteiger charge is -2.39. The first-order valence-electron chi connectivity index (χ1n) is 14.3. The normalized spacial score (nSPS) is 27.1. The molecule has 0 unspecified atom stereocenters. The van der Waals surface area contributed by atoms with Crippen molar-refractivity contribution in [1.82, 2.24) is 9.80 Å². The Hall–Kier alpha value is -3.71. The van der Waals surface area contributed by atoms with Crippen LogP contribution in [0.2, 0.25) is 10.0 Å². The Bertz CT molecular complexity index is 1600. The number of benzene rings is 3. The van der Waals surface area contributed by atoms with Crippen LogP contribution in [0.5, 0.6) is 0 Å². The highest BCUT2D eigenvalue weighted by molar-refractivity contribution is 6.31. The van der Waals surface area contributed by atoms with E-state index < -0.39 is 11.5 Å². The van der Waals surface area contributed by atoms with E-state index in [0.717, 1.165) is 41.8 Å². The summed E-state index contributed by atoms with van der Waals surface area (Å²) in [6.45, 7) is 1.11. The van der Waals surface area contributed by atoms with Gasteiger partial charge in [-0.05, 0) is 79.4 Å². The molecule has 1 N–H and O–H groups in total. The number of carbonyl (C=O) groups is 3. The number of amides is 2. The molecule has 42 heavy (non-hydrogen) atoms. The summed E-state index contributed by atoms with van der Waals surface area (Å²) in [5, 5.41) is 4.29. The van der Waals surface area contributed by atoms with E-state index in [1.54, 1.807) is 29.2 Å². The third kappa shape index (κ3) is 4.41. The van der Waals surface area contributed by atoms with Gasteiger partial charge in [-0.2, -0.15) is 0 Å². The predicted octanol–water partition coefficient (Wildman–Crippen LogP) is 6.20. The molecule has 3 aromatic rings. The van der Waals surface area contributed by atoms with Crippen LogP contribution in [0.4, 0.5) is 5.69 Å². The number of hydrogen-bond donors (Lipinski definition) is 1. The van der Waals surface area contributed by atoms with E-state index in [2.05, 4.69) is 10.2 Å². The molecule has 2 amide bonds. The van der Waals surface area contributed by atoms with Crippen LogP contribution in [0.25, 0.3) is 12.2 Å². The molecule has 3 fully saturated rings. The molecule has 0 saturated carbocycles. The van der Waals surface area contributed by atoms with Crippen LogP contribution in [-0.4, -0.2) is 53.1 Å². The van der Waals surface area contributed by atoms with Crippen LogP contribution in [-0.2, 0) is 19.9 Å². The molecular formula is C34H29Cl2N3O3. The molecule has 4 aliphatic rings. The van der Waals surface area contributed by atoms with E-state index in [1.807, 2.05) is 60.7 Å². The second kappa shape index (κ2) is 10.5. The van der Waals surface area contributed by atoms with Crippen molar-refractivity contribution in [3.63, 3.8) is 0 Å². The molecule has 0 radical (unpaired) electrons. The minimum atomic E-state index is -1.05. The second-order valence-electron chi connectivity index (χ2n) is 11.5. The Morgan fingerprint density at radius 1 is 0.857 bits per heavy atom. The van der Waals surface area contributed by atoms with Gasteiger partial charge in [0.1, 0.15) is 5.54 Å². The maximum Gasteiger partial charge on any atom is 0.250 e. The van der Waals surface area contributed by atoms with E-state index in [-0.39, 0.29) is 36.7 Å². The molecule has 8 heteroatoms. The highest BCUT2D eigenvalue weighted by atomic mass is 35.5. The van der Waals surface area contributed by atoms with Crippen LogP contribution >= 0.6 is 23.2 Å². The fourth-order valence-corrected chi connectivity index (χ4v) is 7.55. The quantitative estimate of drug-likeness (QED) is 0.365. The molecule has 0 aliphatic carbocycles. The maximum absolute atomic E-state index is 14.7. The Labute approximate surface area is 254 Å². The molecule has 4 heterocycles. The van der Waals surface area contributed by atoms with Crippen molar-refractivity contribution in [2.75, 3.05) is 25.0 Å². The zero-order valence-corrected chi connectivity index (χ0v) is 24.4. The molecule has 0 aromatic heterocycles. The van der Waals surface area contributed by atoms with Gasteiger partial charge in [-0.3, -0.25) is 19.3 Å². The number of carbonyl (C=O) groups excluding carboxylic acids is 3. The minimum absolute atomic E-state index is 0.102. The number of anilines is 1. The van der Waals surface area contributed by atoms with Gasteiger partial charge in [0, 0.05) is 51.6 Å². The number of fused-ring (bicyclic) bond motifs is 4. The average Bonchev–Trinajstić information content (AvgIpc) is 3.66.